The van der Waals surface area contributed by atoms with Gasteiger partial charge in [0.2, 0.25) is 0 Å². The van der Waals surface area contributed by atoms with Gasteiger partial charge in [0.05, 0.1) is 0 Å². The molecule has 0 unspecified atom stereocenters. The van der Waals surface area contributed by atoms with Gasteiger partial charge in [0.1, 0.15) is 5.82 Å². The van der Waals surface area contributed by atoms with E-state index in [1.165, 1.54) is 12.1 Å². The van der Waals surface area contributed by atoms with Gasteiger partial charge in [0, 0.05) is 25.0 Å². The molecule has 70 valence electrons. The second-order valence-electron chi connectivity index (χ2n) is 3.48. The number of hydrogen-bond acceptors (Lipinski definition) is 2. The minimum absolute atomic E-state index is 0.158. The Morgan fingerprint density at radius 2 is 1.92 bits per heavy atom. The molecule has 1 aromatic carbocycles. The van der Waals surface area contributed by atoms with Crippen molar-refractivity contribution in [3.63, 3.8) is 0 Å². The maximum atomic E-state index is 12.6. The fourth-order valence-corrected chi connectivity index (χ4v) is 1.77. The molecule has 3 N–H and O–H groups in total. The van der Waals surface area contributed by atoms with Gasteiger partial charge in [-0.3, -0.25) is 0 Å². The zero-order valence-electron chi connectivity index (χ0n) is 7.33. The fraction of sp³-hybridized carbons (Fsp3) is 0.400. The molecule has 0 amide bonds. The summed E-state index contributed by atoms with van der Waals surface area (Å²) in [4.78, 5) is 0. The third-order valence-corrected chi connectivity index (χ3v) is 2.56. The first kappa shape index (κ1) is 8.66. The van der Waals surface area contributed by atoms with Crippen LogP contribution in [-0.2, 0) is 0 Å². The van der Waals surface area contributed by atoms with Gasteiger partial charge in [-0.1, -0.05) is 12.1 Å². The van der Waals surface area contributed by atoms with E-state index in [1.807, 2.05) is 12.1 Å². The quantitative estimate of drug-likeness (QED) is 0.672. The minimum Gasteiger partial charge on any atom is -0.326 e. The SMILES string of the molecule is N[C@H]1CNC[C@@H]1c1ccc(F)cc1. The molecule has 1 fully saturated rings. The first-order chi connectivity index (χ1) is 6.27. The highest BCUT2D eigenvalue weighted by atomic mass is 19.1. The lowest BCUT2D eigenvalue weighted by Gasteiger charge is -2.13. The summed E-state index contributed by atoms with van der Waals surface area (Å²) in [6, 6.07) is 6.76. The van der Waals surface area contributed by atoms with Gasteiger partial charge >= 0.3 is 0 Å². The first-order valence-corrected chi connectivity index (χ1v) is 4.49. The van der Waals surface area contributed by atoms with Crippen molar-refractivity contribution in [2.75, 3.05) is 13.1 Å². The predicted octanol–water partition coefficient (Wildman–Crippen LogP) is 0.840. The van der Waals surface area contributed by atoms with E-state index in [9.17, 15) is 4.39 Å². The summed E-state index contributed by atoms with van der Waals surface area (Å²) >= 11 is 0. The van der Waals surface area contributed by atoms with Crippen LogP contribution in [0.2, 0.25) is 0 Å². The van der Waals surface area contributed by atoms with E-state index >= 15 is 0 Å². The van der Waals surface area contributed by atoms with Crippen molar-refractivity contribution >= 4 is 0 Å². The molecule has 2 nitrogen and oxygen atoms in total. The molecule has 2 rings (SSSR count). The Balaban J connectivity index is 2.20. The highest BCUT2D eigenvalue weighted by molar-refractivity contribution is 5.23. The van der Waals surface area contributed by atoms with Crippen LogP contribution in [0.15, 0.2) is 24.3 Å². The molecule has 1 aliphatic rings. The van der Waals surface area contributed by atoms with Gasteiger partial charge in [-0.25, -0.2) is 4.39 Å². The molecule has 0 saturated carbocycles. The Morgan fingerprint density at radius 3 is 2.46 bits per heavy atom. The average Bonchev–Trinajstić information content (AvgIpc) is 2.53. The zero-order valence-corrected chi connectivity index (χ0v) is 7.33. The van der Waals surface area contributed by atoms with Gasteiger partial charge in [-0.15, -0.1) is 0 Å². The van der Waals surface area contributed by atoms with Crippen LogP contribution in [0.1, 0.15) is 11.5 Å². The van der Waals surface area contributed by atoms with Gasteiger partial charge in [-0.2, -0.15) is 0 Å². The lowest BCUT2D eigenvalue weighted by atomic mass is 9.95. The Morgan fingerprint density at radius 1 is 1.23 bits per heavy atom. The lowest BCUT2D eigenvalue weighted by Crippen LogP contribution is -2.27. The van der Waals surface area contributed by atoms with Gasteiger partial charge < -0.3 is 11.1 Å². The summed E-state index contributed by atoms with van der Waals surface area (Å²) in [6.45, 7) is 1.74. The molecule has 0 radical (unpaired) electrons. The van der Waals surface area contributed by atoms with E-state index in [1.54, 1.807) is 0 Å². The molecule has 0 aromatic heterocycles. The van der Waals surface area contributed by atoms with Gasteiger partial charge in [-0.05, 0) is 17.7 Å². The van der Waals surface area contributed by atoms with Crippen molar-refractivity contribution < 1.29 is 4.39 Å². The zero-order chi connectivity index (χ0) is 9.26. The summed E-state index contributed by atoms with van der Waals surface area (Å²) < 4.78 is 12.6. The number of halogens is 1. The molecule has 13 heavy (non-hydrogen) atoms. The predicted molar refractivity (Wildman–Crippen MR) is 50.0 cm³/mol. The number of hydrogen-bond donors (Lipinski definition) is 2. The molecule has 2 atom stereocenters. The second-order valence-corrected chi connectivity index (χ2v) is 3.48. The Labute approximate surface area is 76.9 Å². The second kappa shape index (κ2) is 3.44. The van der Waals surface area contributed by atoms with Crippen LogP contribution in [0, 0.1) is 5.82 Å². The molecule has 0 spiro atoms. The fourth-order valence-electron chi connectivity index (χ4n) is 1.77. The highest BCUT2D eigenvalue weighted by Crippen LogP contribution is 2.21. The largest absolute Gasteiger partial charge is 0.326 e. The third kappa shape index (κ3) is 1.71. The van der Waals surface area contributed by atoms with Crippen LogP contribution in [0.5, 0.6) is 0 Å². The van der Waals surface area contributed by atoms with Crippen LogP contribution in [-0.4, -0.2) is 19.1 Å². The molecule has 1 saturated heterocycles. The highest BCUT2D eigenvalue weighted by Gasteiger charge is 2.24. The van der Waals surface area contributed by atoms with Crippen molar-refractivity contribution in [2.24, 2.45) is 5.73 Å². The monoisotopic (exact) mass is 180 g/mol. The average molecular weight is 180 g/mol. The van der Waals surface area contributed by atoms with Crippen molar-refractivity contribution in [1.29, 1.82) is 0 Å². The summed E-state index contributed by atoms with van der Waals surface area (Å²) in [5, 5.41) is 3.22. The van der Waals surface area contributed by atoms with Crippen molar-refractivity contribution in [1.82, 2.24) is 5.32 Å². The number of rotatable bonds is 1. The molecule has 1 aromatic rings. The topological polar surface area (TPSA) is 38.0 Å². The normalized spacial score (nSPS) is 27.8. The van der Waals surface area contributed by atoms with E-state index in [-0.39, 0.29) is 11.9 Å². The molecular weight excluding hydrogens is 167 g/mol. The Bertz CT molecular complexity index is 283. The van der Waals surface area contributed by atoms with Crippen molar-refractivity contribution in [2.45, 2.75) is 12.0 Å². The minimum atomic E-state index is -0.191. The molecule has 0 aliphatic carbocycles. The Kier molecular flexibility index (Phi) is 2.29. The smallest absolute Gasteiger partial charge is 0.123 e. The number of nitrogens with one attached hydrogen (secondary N) is 1. The van der Waals surface area contributed by atoms with E-state index in [0.717, 1.165) is 18.7 Å². The van der Waals surface area contributed by atoms with E-state index in [2.05, 4.69) is 5.32 Å². The summed E-state index contributed by atoms with van der Waals surface area (Å²) in [6.07, 6.45) is 0. The number of nitrogens with two attached hydrogens (primary N) is 1. The van der Waals surface area contributed by atoms with Crippen LogP contribution in [0.25, 0.3) is 0 Å². The van der Waals surface area contributed by atoms with Crippen molar-refractivity contribution in [3.05, 3.63) is 35.6 Å². The summed E-state index contributed by atoms with van der Waals surface area (Å²) in [5.41, 5.74) is 7.02. The molecular formula is C10H13FN2. The van der Waals surface area contributed by atoms with E-state index < -0.39 is 0 Å². The Hall–Kier alpha value is -0.930. The van der Waals surface area contributed by atoms with Crippen molar-refractivity contribution in [3.8, 4) is 0 Å². The maximum Gasteiger partial charge on any atom is 0.123 e. The molecule has 1 heterocycles. The molecule has 0 bridgehead atoms. The summed E-state index contributed by atoms with van der Waals surface area (Å²) in [7, 11) is 0. The number of benzene rings is 1. The van der Waals surface area contributed by atoms with Crippen LogP contribution in [0.3, 0.4) is 0 Å². The molecule has 3 heteroatoms. The van der Waals surface area contributed by atoms with E-state index in [4.69, 9.17) is 5.73 Å². The standard InChI is InChI=1S/C10H13FN2/c11-8-3-1-7(2-4-8)9-5-13-6-10(9)12/h1-4,9-10,13H,5-6,12H2/t9-,10+/m1/s1. The van der Waals surface area contributed by atoms with Gasteiger partial charge in [0.25, 0.3) is 0 Å². The first-order valence-electron chi connectivity index (χ1n) is 4.49. The molecule has 1 aliphatic heterocycles. The van der Waals surface area contributed by atoms with Gasteiger partial charge in [0.15, 0.2) is 0 Å². The van der Waals surface area contributed by atoms with Crippen LogP contribution >= 0.6 is 0 Å². The van der Waals surface area contributed by atoms with Crippen LogP contribution < -0.4 is 11.1 Å². The third-order valence-electron chi connectivity index (χ3n) is 2.56. The van der Waals surface area contributed by atoms with E-state index in [0.29, 0.717) is 5.92 Å². The lowest BCUT2D eigenvalue weighted by molar-refractivity contribution is 0.620. The summed E-state index contributed by atoms with van der Waals surface area (Å²) in [5.74, 6) is 0.142. The maximum absolute atomic E-state index is 12.6. The van der Waals surface area contributed by atoms with Crippen LogP contribution in [0.4, 0.5) is 4.39 Å².